The van der Waals surface area contributed by atoms with Crippen molar-refractivity contribution < 1.29 is 34.3 Å². The lowest BCUT2D eigenvalue weighted by molar-refractivity contribution is -0.297. The Hall–Kier alpha value is -0.480. The zero-order valence-corrected chi connectivity index (χ0v) is 19.0. The van der Waals surface area contributed by atoms with Crippen LogP contribution in [0.4, 0.5) is 0 Å². The Morgan fingerprint density at radius 1 is 0.906 bits per heavy atom. The molecule has 3 rings (SSSR count). The Balaban J connectivity index is 1.67. The second kappa shape index (κ2) is 11.3. The topological polar surface area (TPSA) is 200 Å². The van der Waals surface area contributed by atoms with Gasteiger partial charge in [-0.3, -0.25) is 0 Å². The lowest BCUT2D eigenvalue weighted by Gasteiger charge is -2.47. The van der Waals surface area contributed by atoms with Gasteiger partial charge in [-0.1, -0.05) is 0 Å². The van der Waals surface area contributed by atoms with Crippen molar-refractivity contribution in [2.75, 3.05) is 20.7 Å². The van der Waals surface area contributed by atoms with Crippen LogP contribution >= 0.6 is 0 Å². The minimum absolute atomic E-state index is 0.0272. The Morgan fingerprint density at radius 2 is 1.53 bits per heavy atom. The Bertz CT molecular complexity index is 593. The molecular formula is C20H41N5O7. The molecule has 2 aliphatic heterocycles. The van der Waals surface area contributed by atoms with Crippen LogP contribution in [0.3, 0.4) is 0 Å². The number of rotatable bonds is 7. The van der Waals surface area contributed by atoms with Gasteiger partial charge in [-0.15, -0.1) is 0 Å². The molecule has 1 saturated carbocycles. The van der Waals surface area contributed by atoms with Crippen LogP contribution in [0.1, 0.15) is 26.2 Å². The summed E-state index contributed by atoms with van der Waals surface area (Å²) in [7, 11) is 3.49. The third kappa shape index (κ3) is 5.59. The van der Waals surface area contributed by atoms with Crippen molar-refractivity contribution >= 4 is 0 Å². The molecule has 0 radical (unpaired) electrons. The van der Waals surface area contributed by atoms with E-state index in [-0.39, 0.29) is 24.8 Å². The van der Waals surface area contributed by atoms with E-state index < -0.39 is 61.2 Å². The molecule has 2 heterocycles. The third-order valence-corrected chi connectivity index (χ3v) is 6.93. The number of aliphatic hydroxyl groups excluding tert-OH is 3. The van der Waals surface area contributed by atoms with E-state index in [1.165, 1.54) is 0 Å². The molecule has 2 saturated heterocycles. The van der Waals surface area contributed by atoms with Crippen LogP contribution < -0.4 is 27.8 Å². The van der Waals surface area contributed by atoms with Crippen molar-refractivity contribution in [2.24, 2.45) is 17.2 Å². The lowest BCUT2D eigenvalue weighted by atomic mass is 9.84. The molecule has 0 bridgehead atoms. The highest BCUT2D eigenvalue weighted by molar-refractivity contribution is 5.00. The summed E-state index contributed by atoms with van der Waals surface area (Å²) in [5.74, 6) is 0. The quantitative estimate of drug-likeness (QED) is 0.184. The summed E-state index contributed by atoms with van der Waals surface area (Å²) in [4.78, 5) is 0. The van der Waals surface area contributed by atoms with E-state index >= 15 is 0 Å². The number of aliphatic hydroxyl groups is 3. The van der Waals surface area contributed by atoms with Crippen LogP contribution in [-0.4, -0.2) is 115 Å². The number of hydrogen-bond donors (Lipinski definition) is 8. The first-order chi connectivity index (χ1) is 15.2. The molecule has 0 aromatic rings. The van der Waals surface area contributed by atoms with Crippen LogP contribution in [0.15, 0.2) is 0 Å². The van der Waals surface area contributed by atoms with Crippen molar-refractivity contribution in [3.63, 3.8) is 0 Å². The smallest absolute Gasteiger partial charge is 0.185 e. The minimum Gasteiger partial charge on any atom is -0.389 e. The first-order valence-corrected chi connectivity index (χ1v) is 11.4. The third-order valence-electron chi connectivity index (χ3n) is 6.93. The molecule has 32 heavy (non-hydrogen) atoms. The van der Waals surface area contributed by atoms with Gasteiger partial charge in [-0.2, -0.15) is 0 Å². The van der Waals surface area contributed by atoms with Crippen molar-refractivity contribution in [3.05, 3.63) is 0 Å². The second-order valence-corrected chi connectivity index (χ2v) is 9.19. The molecule has 13 atom stereocenters. The summed E-state index contributed by atoms with van der Waals surface area (Å²) >= 11 is 0. The SMILES string of the molecule is CN[C@@H]1[C@@H](O)[C@@H](O[C@@H]2[C@@H](O)[C@H](O[C@H]3O[C@H]([C@@H](C)NC)CC[C@H]3N)[C@@H](N)C[C@H]2N)OC[C@@H]1O. The molecule has 0 spiro atoms. The van der Waals surface area contributed by atoms with E-state index in [1.807, 2.05) is 14.0 Å². The van der Waals surface area contributed by atoms with Gasteiger partial charge in [0.05, 0.1) is 30.9 Å². The average molecular weight is 464 g/mol. The minimum atomic E-state index is -1.19. The molecule has 0 unspecified atom stereocenters. The van der Waals surface area contributed by atoms with Crippen molar-refractivity contribution in [1.82, 2.24) is 10.6 Å². The lowest BCUT2D eigenvalue weighted by Crippen LogP contribution is -2.67. The number of nitrogens with two attached hydrogens (primary N) is 3. The predicted molar refractivity (Wildman–Crippen MR) is 115 cm³/mol. The molecule has 11 N–H and O–H groups in total. The average Bonchev–Trinajstić information content (AvgIpc) is 2.76. The molecule has 12 heteroatoms. The maximum absolute atomic E-state index is 11.1. The summed E-state index contributed by atoms with van der Waals surface area (Å²) in [6.45, 7) is 1.99. The van der Waals surface area contributed by atoms with E-state index in [0.29, 0.717) is 12.8 Å². The zero-order valence-electron chi connectivity index (χ0n) is 19.0. The van der Waals surface area contributed by atoms with Crippen LogP contribution in [0.25, 0.3) is 0 Å². The van der Waals surface area contributed by atoms with E-state index in [9.17, 15) is 15.3 Å². The van der Waals surface area contributed by atoms with E-state index in [4.69, 9.17) is 36.1 Å². The fourth-order valence-electron chi connectivity index (χ4n) is 4.74. The van der Waals surface area contributed by atoms with Gasteiger partial charge in [0.1, 0.15) is 24.4 Å². The number of likely N-dealkylation sites (N-methyl/N-ethyl adjacent to an activating group) is 2. The molecule has 12 nitrogen and oxygen atoms in total. The normalized spacial score (nSPS) is 49.0. The molecule has 1 aliphatic carbocycles. The van der Waals surface area contributed by atoms with E-state index in [1.54, 1.807) is 7.05 Å². The summed E-state index contributed by atoms with van der Waals surface area (Å²) < 4.78 is 23.5. The second-order valence-electron chi connectivity index (χ2n) is 9.19. The standard InChI is InChI=1S/C20H41N5O7/c1-8(24-2)13-5-4-9(21)19(30-13)31-17-10(22)6-11(23)18(16(17)28)32-20-15(27)14(25-3)12(26)7-29-20/h8-20,24-28H,4-7,21-23H2,1-3H3/t8-,9-,10+,11-,12+,13+,14+,15-,16+,17-,18+,19-,20-/m1/s1. The number of nitrogens with one attached hydrogen (secondary N) is 2. The molecule has 0 aromatic carbocycles. The van der Waals surface area contributed by atoms with Gasteiger partial charge in [0.15, 0.2) is 12.6 Å². The van der Waals surface area contributed by atoms with Gasteiger partial charge < -0.3 is 62.1 Å². The van der Waals surface area contributed by atoms with Crippen molar-refractivity contribution in [1.29, 1.82) is 0 Å². The van der Waals surface area contributed by atoms with E-state index in [0.717, 1.165) is 6.42 Å². The molecule has 3 fully saturated rings. The largest absolute Gasteiger partial charge is 0.389 e. The van der Waals surface area contributed by atoms with Gasteiger partial charge >= 0.3 is 0 Å². The van der Waals surface area contributed by atoms with Crippen molar-refractivity contribution in [2.45, 2.75) is 106 Å². The van der Waals surface area contributed by atoms with Gasteiger partial charge in [0.2, 0.25) is 0 Å². The highest BCUT2D eigenvalue weighted by Gasteiger charge is 2.48. The summed E-state index contributed by atoms with van der Waals surface area (Å²) in [6.07, 6.45) is -5.01. The Morgan fingerprint density at radius 3 is 2.12 bits per heavy atom. The van der Waals surface area contributed by atoms with Crippen LogP contribution in [0, 0.1) is 0 Å². The van der Waals surface area contributed by atoms with Crippen LogP contribution in [-0.2, 0) is 18.9 Å². The molecular weight excluding hydrogens is 422 g/mol. The monoisotopic (exact) mass is 463 g/mol. The Labute approximate surface area is 189 Å². The van der Waals surface area contributed by atoms with E-state index in [2.05, 4.69) is 10.6 Å². The fourth-order valence-corrected chi connectivity index (χ4v) is 4.74. The van der Waals surface area contributed by atoms with Gasteiger partial charge in [-0.25, -0.2) is 0 Å². The predicted octanol–water partition coefficient (Wildman–Crippen LogP) is -3.72. The number of ether oxygens (including phenoxy) is 4. The highest BCUT2D eigenvalue weighted by Crippen LogP contribution is 2.30. The molecule has 188 valence electrons. The van der Waals surface area contributed by atoms with Gasteiger partial charge in [0.25, 0.3) is 0 Å². The molecule has 0 aromatic heterocycles. The summed E-state index contributed by atoms with van der Waals surface area (Å²) in [5.41, 5.74) is 18.7. The first-order valence-electron chi connectivity index (χ1n) is 11.4. The number of hydrogen-bond acceptors (Lipinski definition) is 12. The van der Waals surface area contributed by atoms with Crippen molar-refractivity contribution in [3.8, 4) is 0 Å². The van der Waals surface area contributed by atoms with Gasteiger partial charge in [-0.05, 0) is 40.3 Å². The maximum Gasteiger partial charge on any atom is 0.185 e. The summed E-state index contributed by atoms with van der Waals surface area (Å²) in [5, 5.41) is 37.6. The highest BCUT2D eigenvalue weighted by atomic mass is 16.7. The Kier molecular flexibility index (Phi) is 9.23. The molecule has 0 amide bonds. The fraction of sp³-hybridized carbons (Fsp3) is 1.00. The molecule has 3 aliphatic rings. The van der Waals surface area contributed by atoms with Crippen LogP contribution in [0.2, 0.25) is 0 Å². The maximum atomic E-state index is 11.1. The van der Waals surface area contributed by atoms with Crippen LogP contribution in [0.5, 0.6) is 0 Å². The first kappa shape index (κ1) is 26.1. The summed E-state index contributed by atoms with van der Waals surface area (Å²) in [6, 6.07) is -2.04. The van der Waals surface area contributed by atoms with Gasteiger partial charge in [0, 0.05) is 18.1 Å². The zero-order chi connectivity index (χ0) is 23.6.